The lowest BCUT2D eigenvalue weighted by molar-refractivity contribution is -0.127. The van der Waals surface area contributed by atoms with Crippen LogP contribution in [0.3, 0.4) is 0 Å². The molecule has 0 saturated carbocycles. The smallest absolute Gasteiger partial charge is 0.260 e. The molecule has 0 spiro atoms. The average Bonchev–Trinajstić information content (AvgIpc) is 2.33. The second-order valence-corrected chi connectivity index (χ2v) is 4.90. The van der Waals surface area contributed by atoms with Crippen LogP contribution in [0.5, 0.6) is 5.75 Å². The van der Waals surface area contributed by atoms with E-state index in [1.807, 2.05) is 26.8 Å². The zero-order chi connectivity index (χ0) is 13.7. The van der Waals surface area contributed by atoms with Crippen LogP contribution in [0.2, 0.25) is 5.02 Å². The van der Waals surface area contributed by atoms with Crippen molar-refractivity contribution in [3.63, 3.8) is 0 Å². The first kappa shape index (κ1) is 14.8. The largest absolute Gasteiger partial charge is 0.481 e. The van der Waals surface area contributed by atoms with Gasteiger partial charge in [0.05, 0.1) is 0 Å². The van der Waals surface area contributed by atoms with E-state index < -0.39 is 6.10 Å². The number of amides is 1. The van der Waals surface area contributed by atoms with E-state index in [9.17, 15) is 4.79 Å². The molecular formula is C14H20ClNO2. The van der Waals surface area contributed by atoms with Crippen molar-refractivity contribution in [2.24, 2.45) is 0 Å². The Morgan fingerprint density at radius 3 is 2.67 bits per heavy atom. The van der Waals surface area contributed by atoms with Gasteiger partial charge >= 0.3 is 0 Å². The maximum atomic E-state index is 11.8. The maximum absolute atomic E-state index is 11.8. The molecule has 1 aromatic carbocycles. The van der Waals surface area contributed by atoms with Crippen molar-refractivity contribution in [1.82, 2.24) is 5.32 Å². The Morgan fingerprint density at radius 1 is 1.44 bits per heavy atom. The van der Waals surface area contributed by atoms with E-state index in [1.54, 1.807) is 19.1 Å². The van der Waals surface area contributed by atoms with Gasteiger partial charge in [0.2, 0.25) is 0 Å². The summed E-state index contributed by atoms with van der Waals surface area (Å²) >= 11 is 5.93. The summed E-state index contributed by atoms with van der Waals surface area (Å²) in [5.41, 5.74) is 0.934. The lowest BCUT2D eigenvalue weighted by atomic mass is 10.2. The SMILES string of the molecule is CC[C@@H](C)NC(=O)[C@H](C)Oc1ccc(Cl)c(C)c1. The van der Waals surface area contributed by atoms with Gasteiger partial charge in [0.15, 0.2) is 6.10 Å². The Kier molecular flexibility index (Phi) is 5.48. The zero-order valence-corrected chi connectivity index (χ0v) is 12.0. The van der Waals surface area contributed by atoms with Crippen molar-refractivity contribution in [3.8, 4) is 5.75 Å². The molecule has 0 aliphatic heterocycles. The predicted molar refractivity (Wildman–Crippen MR) is 74.2 cm³/mol. The molecule has 18 heavy (non-hydrogen) atoms. The van der Waals surface area contributed by atoms with Gasteiger partial charge in [0.1, 0.15) is 5.75 Å². The molecule has 0 aliphatic carbocycles. The molecule has 4 heteroatoms. The number of aryl methyl sites for hydroxylation is 1. The first-order valence-electron chi connectivity index (χ1n) is 6.17. The Balaban J connectivity index is 2.60. The molecule has 0 radical (unpaired) electrons. The summed E-state index contributed by atoms with van der Waals surface area (Å²) in [5, 5.41) is 3.58. The molecular weight excluding hydrogens is 250 g/mol. The standard InChI is InChI=1S/C14H20ClNO2/c1-5-10(3)16-14(17)11(4)18-12-6-7-13(15)9(2)8-12/h6-8,10-11H,5H2,1-4H3,(H,16,17)/t10-,11+/m1/s1. The number of halogens is 1. The number of benzene rings is 1. The fourth-order valence-corrected chi connectivity index (χ4v) is 1.53. The van der Waals surface area contributed by atoms with E-state index in [2.05, 4.69) is 5.32 Å². The lowest BCUT2D eigenvalue weighted by Gasteiger charge is -2.18. The summed E-state index contributed by atoms with van der Waals surface area (Å²) in [6.45, 7) is 7.64. The molecule has 3 nitrogen and oxygen atoms in total. The average molecular weight is 270 g/mol. The molecule has 0 fully saturated rings. The van der Waals surface area contributed by atoms with E-state index in [4.69, 9.17) is 16.3 Å². The van der Waals surface area contributed by atoms with Crippen LogP contribution in [0.25, 0.3) is 0 Å². The number of hydrogen-bond donors (Lipinski definition) is 1. The van der Waals surface area contributed by atoms with Crippen LogP contribution >= 0.6 is 11.6 Å². The molecule has 0 heterocycles. The molecule has 0 saturated heterocycles. The molecule has 1 rings (SSSR count). The van der Waals surface area contributed by atoms with Crippen LogP contribution in [-0.2, 0) is 4.79 Å². The van der Waals surface area contributed by atoms with Gasteiger partial charge in [-0.05, 0) is 51.0 Å². The van der Waals surface area contributed by atoms with Gasteiger partial charge < -0.3 is 10.1 Å². The number of nitrogens with one attached hydrogen (secondary N) is 1. The van der Waals surface area contributed by atoms with E-state index in [1.165, 1.54) is 0 Å². The number of hydrogen-bond acceptors (Lipinski definition) is 2. The number of carbonyl (C=O) groups is 1. The van der Waals surface area contributed by atoms with Gasteiger partial charge in [-0.3, -0.25) is 4.79 Å². The molecule has 2 atom stereocenters. The van der Waals surface area contributed by atoms with Gasteiger partial charge in [-0.15, -0.1) is 0 Å². The van der Waals surface area contributed by atoms with Gasteiger partial charge in [-0.1, -0.05) is 18.5 Å². The highest BCUT2D eigenvalue weighted by molar-refractivity contribution is 6.31. The summed E-state index contributed by atoms with van der Waals surface area (Å²) in [6, 6.07) is 5.53. The molecule has 0 bridgehead atoms. The van der Waals surface area contributed by atoms with E-state index in [0.29, 0.717) is 10.8 Å². The summed E-state index contributed by atoms with van der Waals surface area (Å²) in [6.07, 6.45) is 0.387. The van der Waals surface area contributed by atoms with Crippen molar-refractivity contribution >= 4 is 17.5 Å². The fourth-order valence-electron chi connectivity index (χ4n) is 1.41. The van der Waals surface area contributed by atoms with E-state index >= 15 is 0 Å². The Bertz CT molecular complexity index is 420. The van der Waals surface area contributed by atoms with Gasteiger partial charge in [-0.2, -0.15) is 0 Å². The zero-order valence-electron chi connectivity index (χ0n) is 11.3. The number of ether oxygens (including phenoxy) is 1. The summed E-state index contributed by atoms with van der Waals surface area (Å²) in [7, 11) is 0. The topological polar surface area (TPSA) is 38.3 Å². The Hall–Kier alpha value is -1.22. The first-order chi connectivity index (χ1) is 8.43. The molecule has 1 aromatic rings. The molecule has 1 amide bonds. The van der Waals surface area contributed by atoms with Gasteiger partial charge in [-0.25, -0.2) is 0 Å². The quantitative estimate of drug-likeness (QED) is 0.890. The number of rotatable bonds is 5. The molecule has 0 aromatic heterocycles. The van der Waals surface area contributed by atoms with Gasteiger partial charge in [0.25, 0.3) is 5.91 Å². The first-order valence-corrected chi connectivity index (χ1v) is 6.55. The minimum atomic E-state index is -0.514. The third-order valence-corrected chi connectivity index (χ3v) is 3.24. The van der Waals surface area contributed by atoms with Crippen molar-refractivity contribution in [2.75, 3.05) is 0 Å². The third kappa shape index (κ3) is 4.22. The van der Waals surface area contributed by atoms with E-state index in [-0.39, 0.29) is 11.9 Å². The minimum absolute atomic E-state index is 0.100. The predicted octanol–water partition coefficient (Wildman–Crippen LogP) is 3.33. The number of carbonyl (C=O) groups excluding carboxylic acids is 1. The second-order valence-electron chi connectivity index (χ2n) is 4.49. The summed E-state index contributed by atoms with van der Waals surface area (Å²) in [5.74, 6) is 0.556. The Morgan fingerprint density at radius 2 is 2.11 bits per heavy atom. The highest BCUT2D eigenvalue weighted by Gasteiger charge is 2.16. The van der Waals surface area contributed by atoms with Crippen LogP contribution in [0.15, 0.2) is 18.2 Å². The van der Waals surface area contributed by atoms with Crippen LogP contribution < -0.4 is 10.1 Å². The van der Waals surface area contributed by atoms with Crippen molar-refractivity contribution in [1.29, 1.82) is 0 Å². The Labute approximate surface area is 113 Å². The van der Waals surface area contributed by atoms with Gasteiger partial charge in [0, 0.05) is 11.1 Å². The van der Waals surface area contributed by atoms with Crippen LogP contribution in [0.1, 0.15) is 32.8 Å². The van der Waals surface area contributed by atoms with Crippen LogP contribution in [0.4, 0.5) is 0 Å². The molecule has 100 valence electrons. The summed E-state index contributed by atoms with van der Waals surface area (Å²) < 4.78 is 5.59. The van der Waals surface area contributed by atoms with Crippen LogP contribution in [-0.4, -0.2) is 18.1 Å². The molecule has 1 N–H and O–H groups in total. The normalized spacial score (nSPS) is 13.8. The molecule has 0 aliphatic rings. The molecule has 0 unspecified atom stereocenters. The lowest BCUT2D eigenvalue weighted by Crippen LogP contribution is -2.40. The second kappa shape index (κ2) is 6.64. The minimum Gasteiger partial charge on any atom is -0.481 e. The van der Waals surface area contributed by atoms with Crippen molar-refractivity contribution in [2.45, 2.75) is 46.3 Å². The fraction of sp³-hybridized carbons (Fsp3) is 0.500. The van der Waals surface area contributed by atoms with Crippen molar-refractivity contribution < 1.29 is 9.53 Å². The summed E-state index contributed by atoms with van der Waals surface area (Å²) in [4.78, 5) is 11.8. The third-order valence-electron chi connectivity index (χ3n) is 2.81. The maximum Gasteiger partial charge on any atom is 0.260 e. The monoisotopic (exact) mass is 269 g/mol. The van der Waals surface area contributed by atoms with Crippen molar-refractivity contribution in [3.05, 3.63) is 28.8 Å². The highest BCUT2D eigenvalue weighted by Crippen LogP contribution is 2.21. The van der Waals surface area contributed by atoms with Crippen LogP contribution in [0, 0.1) is 6.92 Å². The highest BCUT2D eigenvalue weighted by atomic mass is 35.5. The van der Waals surface area contributed by atoms with E-state index in [0.717, 1.165) is 12.0 Å².